The van der Waals surface area contributed by atoms with E-state index in [0.29, 0.717) is 24.2 Å². The molecule has 0 spiro atoms. The molecule has 1 aromatic heterocycles. The molecule has 1 amide bonds. The van der Waals surface area contributed by atoms with Gasteiger partial charge in [0.2, 0.25) is 0 Å². The molecule has 20 heavy (non-hydrogen) atoms. The average Bonchev–Trinajstić information content (AvgIpc) is 3.05. The smallest absolute Gasteiger partial charge is 0.274 e. The van der Waals surface area contributed by atoms with Crippen molar-refractivity contribution in [3.05, 3.63) is 17.5 Å². The Morgan fingerprint density at radius 1 is 1.50 bits per heavy atom. The van der Waals surface area contributed by atoms with E-state index in [0.717, 1.165) is 25.4 Å². The maximum atomic E-state index is 12.5. The fourth-order valence-corrected chi connectivity index (χ4v) is 2.93. The van der Waals surface area contributed by atoms with Crippen molar-refractivity contribution in [2.24, 2.45) is 0 Å². The molecule has 3 heterocycles. The summed E-state index contributed by atoms with van der Waals surface area (Å²) in [5.41, 5.74) is 1.51. The van der Waals surface area contributed by atoms with Crippen LogP contribution in [-0.4, -0.2) is 71.3 Å². The van der Waals surface area contributed by atoms with Crippen LogP contribution in [0, 0.1) is 0 Å². The number of rotatable bonds is 2. The van der Waals surface area contributed by atoms with E-state index in [-0.39, 0.29) is 12.0 Å². The summed E-state index contributed by atoms with van der Waals surface area (Å²) in [7, 11) is 2.10. The molecule has 6 heteroatoms. The quantitative estimate of drug-likeness (QED) is 0.864. The summed E-state index contributed by atoms with van der Waals surface area (Å²) in [6.45, 7) is 7.23. The Morgan fingerprint density at radius 3 is 2.95 bits per heavy atom. The van der Waals surface area contributed by atoms with Crippen LogP contribution < -0.4 is 0 Å². The minimum Gasteiger partial charge on any atom is -0.373 e. The van der Waals surface area contributed by atoms with Crippen LogP contribution >= 0.6 is 0 Å². The Morgan fingerprint density at radius 2 is 2.30 bits per heavy atom. The van der Waals surface area contributed by atoms with Gasteiger partial charge in [0.25, 0.3) is 5.91 Å². The standard InChI is InChI=1S/C14H22N4O2/c1-9(2)10-6-11(16-15-10)14(19)18-7-12-13(8-18)20-5-4-17(12)3/h6,9,12-13H,4-5,7-8H2,1-3H3,(H,15,16). The topological polar surface area (TPSA) is 61.5 Å². The number of ether oxygens (including phenoxy) is 1. The van der Waals surface area contributed by atoms with Gasteiger partial charge in [-0.2, -0.15) is 5.10 Å². The zero-order valence-corrected chi connectivity index (χ0v) is 12.3. The van der Waals surface area contributed by atoms with Gasteiger partial charge < -0.3 is 9.64 Å². The van der Waals surface area contributed by atoms with Crippen molar-refractivity contribution in [2.45, 2.75) is 31.9 Å². The summed E-state index contributed by atoms with van der Waals surface area (Å²) in [4.78, 5) is 16.6. The van der Waals surface area contributed by atoms with E-state index in [1.54, 1.807) is 0 Å². The zero-order valence-electron chi connectivity index (χ0n) is 12.3. The van der Waals surface area contributed by atoms with E-state index in [1.807, 2.05) is 11.0 Å². The molecule has 3 rings (SSSR count). The van der Waals surface area contributed by atoms with Gasteiger partial charge in [-0.05, 0) is 19.0 Å². The molecule has 2 aliphatic rings. The summed E-state index contributed by atoms with van der Waals surface area (Å²) in [5.74, 6) is 0.347. The fourth-order valence-electron chi connectivity index (χ4n) is 2.93. The molecule has 2 atom stereocenters. The van der Waals surface area contributed by atoms with Gasteiger partial charge in [0.05, 0.1) is 18.8 Å². The van der Waals surface area contributed by atoms with Gasteiger partial charge in [-0.3, -0.25) is 14.8 Å². The Hall–Kier alpha value is -1.40. The Balaban J connectivity index is 1.71. The number of morpholine rings is 1. The number of amides is 1. The molecule has 0 bridgehead atoms. The first kappa shape index (κ1) is 13.6. The number of hydrogen-bond donors (Lipinski definition) is 1. The summed E-state index contributed by atoms with van der Waals surface area (Å²) in [5, 5.41) is 7.09. The summed E-state index contributed by atoms with van der Waals surface area (Å²) >= 11 is 0. The van der Waals surface area contributed by atoms with Crippen LogP contribution in [-0.2, 0) is 4.74 Å². The lowest BCUT2D eigenvalue weighted by atomic mass is 10.1. The van der Waals surface area contributed by atoms with Crippen LogP contribution in [0.3, 0.4) is 0 Å². The molecule has 2 fully saturated rings. The molecule has 1 N–H and O–H groups in total. The summed E-state index contributed by atoms with van der Waals surface area (Å²) in [6, 6.07) is 2.18. The maximum Gasteiger partial charge on any atom is 0.274 e. The molecule has 0 aliphatic carbocycles. The Labute approximate surface area is 119 Å². The van der Waals surface area contributed by atoms with Gasteiger partial charge >= 0.3 is 0 Å². The first-order chi connectivity index (χ1) is 9.56. The highest BCUT2D eigenvalue weighted by atomic mass is 16.5. The van der Waals surface area contributed by atoms with Crippen molar-refractivity contribution in [2.75, 3.05) is 33.3 Å². The van der Waals surface area contributed by atoms with Crippen LogP contribution in [0.1, 0.15) is 35.9 Å². The van der Waals surface area contributed by atoms with Crippen molar-refractivity contribution >= 4 is 5.91 Å². The van der Waals surface area contributed by atoms with Crippen LogP contribution in [0.2, 0.25) is 0 Å². The van der Waals surface area contributed by atoms with Crippen LogP contribution in [0.4, 0.5) is 0 Å². The number of nitrogens with zero attached hydrogens (tertiary/aromatic N) is 3. The molecule has 2 aliphatic heterocycles. The second-order valence-corrected chi connectivity index (χ2v) is 6.03. The Bertz CT molecular complexity index is 499. The normalized spacial score (nSPS) is 27.1. The molecule has 110 valence electrons. The first-order valence-electron chi connectivity index (χ1n) is 7.22. The van der Waals surface area contributed by atoms with E-state index >= 15 is 0 Å². The number of aromatic nitrogens is 2. The fraction of sp³-hybridized carbons (Fsp3) is 0.714. The predicted octanol–water partition coefficient (Wildman–Crippen LogP) is 0.688. The highest BCUT2D eigenvalue weighted by Crippen LogP contribution is 2.23. The number of likely N-dealkylation sites (N-methyl/N-ethyl adjacent to an activating group) is 1. The number of carbonyl (C=O) groups excluding carboxylic acids is 1. The second kappa shape index (κ2) is 5.18. The molecule has 2 unspecified atom stereocenters. The molecule has 6 nitrogen and oxygen atoms in total. The SMILES string of the molecule is CC(C)c1cc(C(=O)N2CC3OCCN(C)C3C2)n[nH]1. The van der Waals surface area contributed by atoms with Gasteiger partial charge in [0, 0.05) is 25.3 Å². The number of nitrogens with one attached hydrogen (secondary N) is 1. The molecular weight excluding hydrogens is 256 g/mol. The number of likely N-dealkylation sites (tertiary alicyclic amines) is 1. The average molecular weight is 278 g/mol. The summed E-state index contributed by atoms with van der Waals surface area (Å²) in [6.07, 6.45) is 0.140. The molecular formula is C14H22N4O2. The third-order valence-corrected chi connectivity index (χ3v) is 4.31. The number of aromatic amines is 1. The predicted molar refractivity (Wildman–Crippen MR) is 74.7 cm³/mol. The van der Waals surface area contributed by atoms with Crippen molar-refractivity contribution in [1.82, 2.24) is 20.0 Å². The first-order valence-corrected chi connectivity index (χ1v) is 7.22. The minimum absolute atomic E-state index is 0.000417. The Kier molecular flexibility index (Phi) is 3.52. The molecule has 1 aromatic rings. The molecule has 2 saturated heterocycles. The van der Waals surface area contributed by atoms with Gasteiger partial charge in [0.15, 0.2) is 0 Å². The molecule has 0 aromatic carbocycles. The number of fused-ring (bicyclic) bond motifs is 1. The third-order valence-electron chi connectivity index (χ3n) is 4.31. The monoisotopic (exact) mass is 278 g/mol. The van der Waals surface area contributed by atoms with E-state index in [4.69, 9.17) is 4.74 Å². The molecule has 0 saturated carbocycles. The van der Waals surface area contributed by atoms with E-state index in [2.05, 4.69) is 36.0 Å². The van der Waals surface area contributed by atoms with Crippen molar-refractivity contribution in [1.29, 1.82) is 0 Å². The van der Waals surface area contributed by atoms with Crippen LogP contribution in [0.15, 0.2) is 6.07 Å². The van der Waals surface area contributed by atoms with Crippen molar-refractivity contribution < 1.29 is 9.53 Å². The van der Waals surface area contributed by atoms with Crippen LogP contribution in [0.25, 0.3) is 0 Å². The highest BCUT2D eigenvalue weighted by Gasteiger charge is 2.40. The largest absolute Gasteiger partial charge is 0.373 e. The zero-order chi connectivity index (χ0) is 14.3. The summed E-state index contributed by atoms with van der Waals surface area (Å²) < 4.78 is 5.77. The van der Waals surface area contributed by atoms with E-state index < -0.39 is 0 Å². The lowest BCUT2D eigenvalue weighted by Gasteiger charge is -2.33. The van der Waals surface area contributed by atoms with Crippen LogP contribution in [0.5, 0.6) is 0 Å². The second-order valence-electron chi connectivity index (χ2n) is 6.03. The van der Waals surface area contributed by atoms with Gasteiger partial charge in [-0.1, -0.05) is 13.8 Å². The van der Waals surface area contributed by atoms with Gasteiger partial charge in [-0.15, -0.1) is 0 Å². The number of hydrogen-bond acceptors (Lipinski definition) is 4. The minimum atomic E-state index is -0.000417. The lowest BCUT2D eigenvalue weighted by Crippen LogP contribution is -2.48. The molecule has 0 radical (unpaired) electrons. The maximum absolute atomic E-state index is 12.5. The lowest BCUT2D eigenvalue weighted by molar-refractivity contribution is -0.0368. The van der Waals surface area contributed by atoms with E-state index in [9.17, 15) is 4.79 Å². The number of carbonyl (C=O) groups is 1. The third kappa shape index (κ3) is 2.33. The van der Waals surface area contributed by atoms with Gasteiger partial charge in [0.1, 0.15) is 5.69 Å². The highest BCUT2D eigenvalue weighted by molar-refractivity contribution is 5.92. The van der Waals surface area contributed by atoms with Gasteiger partial charge in [-0.25, -0.2) is 0 Å². The van der Waals surface area contributed by atoms with E-state index in [1.165, 1.54) is 0 Å². The number of H-pyrrole nitrogens is 1. The van der Waals surface area contributed by atoms with Crippen molar-refractivity contribution in [3.63, 3.8) is 0 Å². The van der Waals surface area contributed by atoms with Crippen molar-refractivity contribution in [3.8, 4) is 0 Å².